The minimum atomic E-state index is -1.01. The van der Waals surface area contributed by atoms with E-state index in [1.807, 2.05) is 26.0 Å². The molecule has 1 fully saturated rings. The number of rotatable bonds is 11. The summed E-state index contributed by atoms with van der Waals surface area (Å²) in [5.41, 5.74) is 1.40. The first kappa shape index (κ1) is 29.6. The molecule has 2 aliphatic rings. The third-order valence-corrected chi connectivity index (χ3v) is 7.98. The summed E-state index contributed by atoms with van der Waals surface area (Å²) in [7, 11) is 0. The lowest BCUT2D eigenvalue weighted by Gasteiger charge is -2.31. The second kappa shape index (κ2) is 13.3. The molecule has 14 nitrogen and oxygen atoms in total. The molecule has 2 unspecified atom stereocenters. The maximum atomic E-state index is 13.4. The van der Waals surface area contributed by atoms with Crippen LogP contribution in [0, 0.1) is 17.8 Å². The molecule has 1 aromatic carbocycles. The summed E-state index contributed by atoms with van der Waals surface area (Å²) in [6, 6.07) is 5.38. The molecule has 2 aromatic rings. The van der Waals surface area contributed by atoms with E-state index in [1.54, 1.807) is 12.1 Å². The van der Waals surface area contributed by atoms with Crippen LogP contribution in [0.1, 0.15) is 57.3 Å². The predicted octanol–water partition coefficient (Wildman–Crippen LogP) is 0.312. The molecule has 1 aliphatic carbocycles. The summed E-state index contributed by atoms with van der Waals surface area (Å²) in [5, 5.41) is 31.1. The fourth-order valence-electron chi connectivity index (χ4n) is 5.51. The Hall–Kier alpha value is -4.36. The van der Waals surface area contributed by atoms with Crippen molar-refractivity contribution < 1.29 is 29.1 Å². The number of carbonyl (C=O) groups excluding carboxylic acids is 4. The smallest absolute Gasteiger partial charge is 0.307 e. The number of anilines is 1. The molecule has 1 saturated carbocycles. The van der Waals surface area contributed by atoms with E-state index in [0.29, 0.717) is 37.2 Å². The van der Waals surface area contributed by atoms with Gasteiger partial charge in [-0.3, -0.25) is 28.9 Å². The van der Waals surface area contributed by atoms with Crippen LogP contribution in [0.4, 0.5) is 5.69 Å². The molecule has 0 spiro atoms. The predicted molar refractivity (Wildman–Crippen MR) is 145 cm³/mol. The van der Waals surface area contributed by atoms with Gasteiger partial charge in [-0.2, -0.15) is 5.21 Å². The van der Waals surface area contributed by atoms with Crippen molar-refractivity contribution in [3.8, 4) is 0 Å². The summed E-state index contributed by atoms with van der Waals surface area (Å²) >= 11 is 0. The number of benzene rings is 1. The standard InChI is InChI=1S/C27H36N8O6/c1-3-15(2)23(30-24(37)17-9-5-6-10-18(17)27(40)41)26(39)29-14-22(36)35-19-11-7-4-8-16(19)12-20(35)25(38)28-13-21-31-33-34-32-21/h4,7-8,11,15,17-18,20,23H,3,5-6,9-10,12-14H2,1-2H3,(H,28,38)(H,29,39)(H,30,37)(H,40,41)(H,31,32,33,34)/t15?,17-,18-,20+,23?/m1/s1. The molecule has 1 aliphatic heterocycles. The number of para-hydroxylation sites is 1. The van der Waals surface area contributed by atoms with Crippen molar-refractivity contribution >= 4 is 35.3 Å². The van der Waals surface area contributed by atoms with Crippen molar-refractivity contribution in [1.29, 1.82) is 0 Å². The first-order valence-electron chi connectivity index (χ1n) is 13.9. The van der Waals surface area contributed by atoms with Gasteiger partial charge in [-0.1, -0.05) is 56.5 Å². The first-order valence-corrected chi connectivity index (χ1v) is 13.9. The number of nitrogens with one attached hydrogen (secondary N) is 4. The van der Waals surface area contributed by atoms with E-state index < -0.39 is 60.1 Å². The molecule has 0 bridgehead atoms. The lowest BCUT2D eigenvalue weighted by molar-refractivity contribution is -0.149. The van der Waals surface area contributed by atoms with Gasteiger partial charge in [0.1, 0.15) is 12.1 Å². The number of carbonyl (C=O) groups is 5. The molecule has 5 N–H and O–H groups in total. The van der Waals surface area contributed by atoms with Gasteiger partial charge in [-0.25, -0.2) is 0 Å². The maximum absolute atomic E-state index is 13.4. The zero-order valence-electron chi connectivity index (χ0n) is 23.1. The lowest BCUT2D eigenvalue weighted by Crippen LogP contribution is -2.55. The van der Waals surface area contributed by atoms with Crippen LogP contribution in [0.3, 0.4) is 0 Å². The van der Waals surface area contributed by atoms with Crippen molar-refractivity contribution in [3.63, 3.8) is 0 Å². The van der Waals surface area contributed by atoms with Crippen LogP contribution in [0.25, 0.3) is 0 Å². The van der Waals surface area contributed by atoms with Gasteiger partial charge < -0.3 is 21.1 Å². The molecule has 220 valence electrons. The highest BCUT2D eigenvalue weighted by Gasteiger charge is 2.40. The van der Waals surface area contributed by atoms with Gasteiger partial charge in [0, 0.05) is 12.1 Å². The molecule has 1 aromatic heterocycles. The normalized spacial score (nSPS) is 21.3. The number of aromatic amines is 1. The van der Waals surface area contributed by atoms with Gasteiger partial charge in [0.05, 0.1) is 24.9 Å². The number of hydrogen-bond donors (Lipinski definition) is 5. The van der Waals surface area contributed by atoms with Gasteiger partial charge in [0.25, 0.3) is 0 Å². The molecule has 4 amide bonds. The fourth-order valence-corrected chi connectivity index (χ4v) is 5.51. The Kier molecular flexibility index (Phi) is 9.63. The van der Waals surface area contributed by atoms with Crippen LogP contribution in [0.15, 0.2) is 24.3 Å². The highest BCUT2D eigenvalue weighted by atomic mass is 16.4. The molecular formula is C27H36N8O6. The Morgan fingerprint density at radius 1 is 1.07 bits per heavy atom. The third kappa shape index (κ3) is 6.87. The van der Waals surface area contributed by atoms with Gasteiger partial charge in [0.15, 0.2) is 5.82 Å². The van der Waals surface area contributed by atoms with Gasteiger partial charge in [-0.05, 0) is 30.4 Å². The number of hydrogen-bond acceptors (Lipinski definition) is 8. The van der Waals surface area contributed by atoms with E-state index in [-0.39, 0.29) is 12.5 Å². The Morgan fingerprint density at radius 3 is 2.49 bits per heavy atom. The number of amides is 4. The summed E-state index contributed by atoms with van der Waals surface area (Å²) in [5.74, 6) is -4.39. The fraction of sp³-hybridized carbons (Fsp3) is 0.556. The van der Waals surface area contributed by atoms with Gasteiger partial charge in [0.2, 0.25) is 23.6 Å². The van der Waals surface area contributed by atoms with Crippen LogP contribution in [0.2, 0.25) is 0 Å². The van der Waals surface area contributed by atoms with Crippen LogP contribution in [-0.2, 0) is 36.9 Å². The van der Waals surface area contributed by atoms with Crippen molar-refractivity contribution in [1.82, 2.24) is 36.6 Å². The summed E-state index contributed by atoms with van der Waals surface area (Å²) in [6.07, 6.45) is 3.22. The van der Waals surface area contributed by atoms with Crippen LogP contribution >= 0.6 is 0 Å². The van der Waals surface area contributed by atoms with E-state index in [0.717, 1.165) is 18.4 Å². The minimum Gasteiger partial charge on any atom is -0.481 e. The Labute approximate surface area is 237 Å². The van der Waals surface area contributed by atoms with Crippen LogP contribution in [0.5, 0.6) is 0 Å². The summed E-state index contributed by atoms with van der Waals surface area (Å²) in [4.78, 5) is 66.0. The number of aromatic nitrogens is 4. The highest BCUT2D eigenvalue weighted by Crippen LogP contribution is 2.33. The van der Waals surface area contributed by atoms with E-state index in [2.05, 4.69) is 36.6 Å². The van der Waals surface area contributed by atoms with Crippen LogP contribution < -0.4 is 20.9 Å². The summed E-state index contributed by atoms with van der Waals surface area (Å²) in [6.45, 7) is 3.32. The molecule has 14 heteroatoms. The zero-order chi connectivity index (χ0) is 29.5. The largest absolute Gasteiger partial charge is 0.481 e. The lowest BCUT2D eigenvalue weighted by atomic mass is 9.78. The second-order valence-electron chi connectivity index (χ2n) is 10.6. The van der Waals surface area contributed by atoms with Crippen molar-refractivity contribution in [2.75, 3.05) is 11.4 Å². The van der Waals surface area contributed by atoms with Crippen LogP contribution in [-0.4, -0.2) is 74.0 Å². The summed E-state index contributed by atoms with van der Waals surface area (Å²) < 4.78 is 0. The van der Waals surface area contributed by atoms with Crippen molar-refractivity contribution in [3.05, 3.63) is 35.7 Å². The monoisotopic (exact) mass is 568 g/mol. The number of carboxylic acids is 1. The topological polar surface area (TPSA) is 199 Å². The molecule has 2 heterocycles. The number of nitrogens with zero attached hydrogens (tertiary/aromatic N) is 4. The first-order chi connectivity index (χ1) is 19.7. The number of fused-ring (bicyclic) bond motifs is 1. The average molecular weight is 569 g/mol. The SMILES string of the molecule is CCC(C)C(NC(=O)[C@@H]1CCCC[C@H]1C(=O)O)C(=O)NCC(=O)N1c2ccccc2C[C@H]1C(=O)NCc1nn[nH]n1. The number of H-pyrrole nitrogens is 1. The number of aliphatic carboxylic acids is 1. The molecule has 41 heavy (non-hydrogen) atoms. The molecule has 0 radical (unpaired) electrons. The third-order valence-electron chi connectivity index (χ3n) is 7.98. The van der Waals surface area contributed by atoms with Gasteiger partial charge >= 0.3 is 5.97 Å². The average Bonchev–Trinajstić information content (AvgIpc) is 3.65. The number of tetrazole rings is 1. The Morgan fingerprint density at radius 2 is 1.80 bits per heavy atom. The molecule has 4 rings (SSSR count). The molecule has 5 atom stereocenters. The second-order valence-corrected chi connectivity index (χ2v) is 10.6. The maximum Gasteiger partial charge on any atom is 0.307 e. The number of carboxylic acid groups (broad SMARTS) is 1. The Bertz CT molecular complexity index is 1270. The van der Waals surface area contributed by atoms with Gasteiger partial charge in [-0.15, -0.1) is 10.2 Å². The zero-order valence-corrected chi connectivity index (χ0v) is 23.1. The van der Waals surface area contributed by atoms with Crippen molar-refractivity contribution in [2.45, 2.75) is 71.0 Å². The Balaban J connectivity index is 1.42. The van der Waals surface area contributed by atoms with Crippen molar-refractivity contribution in [2.24, 2.45) is 17.8 Å². The van der Waals surface area contributed by atoms with E-state index in [1.165, 1.54) is 4.90 Å². The van der Waals surface area contributed by atoms with E-state index >= 15 is 0 Å². The minimum absolute atomic E-state index is 0.0287. The molecule has 0 saturated heterocycles. The van der Waals surface area contributed by atoms with E-state index in [9.17, 15) is 29.1 Å². The quantitative estimate of drug-likeness (QED) is 0.253. The van der Waals surface area contributed by atoms with E-state index in [4.69, 9.17) is 0 Å². The molecular weight excluding hydrogens is 532 g/mol. The highest BCUT2D eigenvalue weighted by molar-refractivity contribution is 6.05.